The van der Waals surface area contributed by atoms with Crippen LogP contribution in [-0.4, -0.2) is 40.6 Å². The molecular formula is C28H32ClF4N5O3S. The molecule has 8 nitrogen and oxygen atoms in total. The Kier molecular flexibility index (Phi) is 11.2. The van der Waals surface area contributed by atoms with E-state index in [0.717, 1.165) is 24.1 Å². The maximum absolute atomic E-state index is 14.7. The molecule has 0 aliphatic carbocycles. The predicted molar refractivity (Wildman–Crippen MR) is 160 cm³/mol. The minimum Gasteiger partial charge on any atom is -0.454 e. The molecule has 0 radical (unpaired) electrons. The van der Waals surface area contributed by atoms with Crippen molar-refractivity contribution in [3.63, 3.8) is 0 Å². The highest BCUT2D eigenvalue weighted by Crippen LogP contribution is 2.40. The molecule has 0 spiro atoms. The van der Waals surface area contributed by atoms with Crippen molar-refractivity contribution in [3.05, 3.63) is 74.3 Å². The molecular weight excluding hydrogens is 598 g/mol. The molecule has 3 N–H and O–H groups in total. The second kappa shape index (κ2) is 14.2. The summed E-state index contributed by atoms with van der Waals surface area (Å²) < 4.78 is 65.9. The molecule has 0 atom stereocenters. The molecule has 0 saturated carbocycles. The first-order valence-corrected chi connectivity index (χ1v) is 14.3. The summed E-state index contributed by atoms with van der Waals surface area (Å²) in [5.41, 5.74) is -0.139. The van der Waals surface area contributed by atoms with Crippen LogP contribution in [0.25, 0.3) is 0 Å². The number of ether oxygens (including phenoxy) is 1. The van der Waals surface area contributed by atoms with Gasteiger partial charge >= 0.3 is 6.18 Å². The topological polar surface area (TPSA) is 87.6 Å². The van der Waals surface area contributed by atoms with Gasteiger partial charge in [-0.05, 0) is 50.1 Å². The number of nitrogens with one attached hydrogen (secondary N) is 3. The van der Waals surface area contributed by atoms with Crippen LogP contribution in [0.5, 0.6) is 11.5 Å². The van der Waals surface area contributed by atoms with Crippen LogP contribution in [0.1, 0.15) is 41.8 Å². The Morgan fingerprint density at radius 2 is 1.81 bits per heavy atom. The lowest BCUT2D eigenvalue weighted by atomic mass is 10.1. The van der Waals surface area contributed by atoms with Crippen molar-refractivity contribution < 1.29 is 27.1 Å². The second-order valence-corrected chi connectivity index (χ2v) is 10.4. The van der Waals surface area contributed by atoms with Gasteiger partial charge in [0.1, 0.15) is 34.5 Å². The molecule has 14 heteroatoms. The van der Waals surface area contributed by atoms with E-state index in [0.29, 0.717) is 11.3 Å². The van der Waals surface area contributed by atoms with Gasteiger partial charge in [0, 0.05) is 32.3 Å². The van der Waals surface area contributed by atoms with Gasteiger partial charge < -0.3 is 20.1 Å². The number of benzene rings is 2. The highest BCUT2D eigenvalue weighted by Gasteiger charge is 2.32. The Morgan fingerprint density at radius 1 is 1.12 bits per heavy atom. The summed E-state index contributed by atoms with van der Waals surface area (Å²) >= 11 is 7.92. The predicted octanol–water partition coefficient (Wildman–Crippen LogP) is 7.33. The maximum Gasteiger partial charge on any atom is 0.405 e. The van der Waals surface area contributed by atoms with E-state index in [2.05, 4.69) is 14.3 Å². The fourth-order valence-electron chi connectivity index (χ4n) is 3.79. The number of hydrogen-bond acceptors (Lipinski definition) is 7. The average Bonchev–Trinajstić information content (AvgIpc) is 2.91. The van der Waals surface area contributed by atoms with E-state index in [1.165, 1.54) is 44.3 Å². The molecule has 1 fully saturated rings. The summed E-state index contributed by atoms with van der Waals surface area (Å²) in [6, 6.07) is 9.02. The molecule has 1 saturated heterocycles. The van der Waals surface area contributed by atoms with Crippen molar-refractivity contribution in [2.24, 2.45) is 7.05 Å². The van der Waals surface area contributed by atoms with E-state index in [1.54, 1.807) is 25.1 Å². The van der Waals surface area contributed by atoms with Gasteiger partial charge in [-0.2, -0.15) is 13.2 Å². The number of nitrogens with zero attached hydrogens (tertiary/aromatic N) is 2. The zero-order valence-corrected chi connectivity index (χ0v) is 25.3. The summed E-state index contributed by atoms with van der Waals surface area (Å²) in [5.74, 6) is -2.44. The van der Waals surface area contributed by atoms with E-state index in [4.69, 9.17) is 16.3 Å². The highest BCUT2D eigenvalue weighted by molar-refractivity contribution is 7.98. The largest absolute Gasteiger partial charge is 0.454 e. The summed E-state index contributed by atoms with van der Waals surface area (Å²) in [6.07, 6.45) is -3.63. The number of alkyl halides is 3. The second-order valence-electron chi connectivity index (χ2n) is 9.14. The van der Waals surface area contributed by atoms with Crippen molar-refractivity contribution in [2.75, 3.05) is 29.7 Å². The Bertz CT molecular complexity index is 1500. The molecule has 2 heterocycles. The number of hydrogen-bond donors (Lipinski definition) is 3. The van der Waals surface area contributed by atoms with Crippen molar-refractivity contribution in [3.8, 4) is 11.5 Å². The van der Waals surface area contributed by atoms with E-state index < -0.39 is 35.6 Å². The zero-order chi connectivity index (χ0) is 31.2. The van der Waals surface area contributed by atoms with Crippen LogP contribution in [0, 0.1) is 19.7 Å². The summed E-state index contributed by atoms with van der Waals surface area (Å²) in [5, 5.41) is 4.63. The molecule has 0 unspecified atom stereocenters. The summed E-state index contributed by atoms with van der Waals surface area (Å²) in [7, 11) is 1.30. The fourth-order valence-corrected chi connectivity index (χ4v) is 4.89. The Labute approximate surface area is 250 Å². The molecule has 228 valence electrons. The van der Waals surface area contributed by atoms with E-state index in [9.17, 15) is 27.2 Å². The maximum atomic E-state index is 14.7. The Hall–Kier alpha value is -3.42. The number of pyridine rings is 1. The molecule has 42 heavy (non-hydrogen) atoms. The first kappa shape index (κ1) is 33.1. The normalized spacial score (nSPS) is 13.0. The number of anilines is 3. The lowest BCUT2D eigenvalue weighted by Crippen LogP contribution is -2.36. The summed E-state index contributed by atoms with van der Waals surface area (Å²) in [4.78, 5) is 26.4. The first-order valence-electron chi connectivity index (χ1n) is 13.1. The quantitative estimate of drug-likeness (QED) is 0.169. The lowest BCUT2D eigenvalue weighted by Gasteiger charge is -2.29. The fraction of sp³-hybridized carbons (Fsp3) is 0.357. The molecule has 0 bridgehead atoms. The number of carbonyl (C=O) groups excluding carboxylic acids is 1. The van der Waals surface area contributed by atoms with Crippen LogP contribution < -0.4 is 25.7 Å². The standard InChI is InChI=1S/C26H26ClF4N5O3S.C2H6/c1-14-8-9-17(16(28)12-14)33-23-20(24(37)32-13-26(29,30)31)22(15(2)25(38)35(23)3)39-19-7-4-6-18(21(19)27)34-40-36-10-5-11-36;1-2/h4,6-9,12,33-34H,5,10-11,13H2,1-3H3,(H,32,37);1-2H3. The number of amides is 1. The molecule has 1 amide bonds. The molecule has 1 aromatic heterocycles. The summed E-state index contributed by atoms with van der Waals surface area (Å²) in [6.45, 7) is 7.21. The lowest BCUT2D eigenvalue weighted by molar-refractivity contribution is -0.123. The van der Waals surface area contributed by atoms with Gasteiger partial charge in [-0.15, -0.1) is 0 Å². The van der Waals surface area contributed by atoms with Gasteiger partial charge in [-0.25, -0.2) is 8.70 Å². The van der Waals surface area contributed by atoms with Gasteiger partial charge in [0.2, 0.25) is 0 Å². The minimum atomic E-state index is -4.71. The molecule has 4 rings (SSSR count). The van der Waals surface area contributed by atoms with Gasteiger partial charge in [0.25, 0.3) is 11.5 Å². The van der Waals surface area contributed by atoms with Crippen molar-refractivity contribution in [2.45, 2.75) is 40.3 Å². The van der Waals surface area contributed by atoms with Gasteiger partial charge in [-0.3, -0.25) is 14.2 Å². The average molecular weight is 630 g/mol. The third kappa shape index (κ3) is 7.90. The first-order chi connectivity index (χ1) is 19.9. The number of carbonyl (C=O) groups is 1. The highest BCUT2D eigenvalue weighted by atomic mass is 35.5. The smallest absolute Gasteiger partial charge is 0.405 e. The van der Waals surface area contributed by atoms with E-state index in [1.807, 2.05) is 19.2 Å². The van der Waals surface area contributed by atoms with Gasteiger partial charge in [0.05, 0.1) is 16.9 Å². The molecule has 2 aromatic carbocycles. The van der Waals surface area contributed by atoms with Crippen molar-refractivity contribution >= 4 is 46.8 Å². The number of aromatic nitrogens is 1. The monoisotopic (exact) mass is 629 g/mol. The minimum absolute atomic E-state index is 0.0459. The Balaban J connectivity index is 0.00000237. The zero-order valence-electron chi connectivity index (χ0n) is 23.7. The van der Waals surface area contributed by atoms with Crippen molar-refractivity contribution in [1.82, 2.24) is 14.2 Å². The van der Waals surface area contributed by atoms with Crippen LogP contribution in [0.2, 0.25) is 5.02 Å². The third-order valence-corrected chi connectivity index (χ3v) is 7.42. The van der Waals surface area contributed by atoms with E-state index >= 15 is 0 Å². The number of halogens is 5. The Morgan fingerprint density at radius 3 is 2.40 bits per heavy atom. The molecule has 3 aromatic rings. The third-order valence-electron chi connectivity index (χ3n) is 6.09. The van der Waals surface area contributed by atoms with Crippen molar-refractivity contribution in [1.29, 1.82) is 0 Å². The van der Waals surface area contributed by atoms with Crippen LogP contribution in [0.3, 0.4) is 0 Å². The van der Waals surface area contributed by atoms with Crippen LogP contribution in [0.15, 0.2) is 41.2 Å². The SMILES string of the molecule is CC.Cc1ccc(Nc2c(C(=O)NCC(F)(F)F)c(Oc3cccc(NSN4CCC4)c3Cl)c(C)c(=O)n2C)c(F)c1. The van der Waals surface area contributed by atoms with Crippen LogP contribution in [-0.2, 0) is 7.05 Å². The number of aryl methyl sites for hydroxylation is 1. The van der Waals surface area contributed by atoms with Gasteiger partial charge in [-0.1, -0.05) is 37.6 Å². The number of rotatable bonds is 9. The van der Waals surface area contributed by atoms with E-state index in [-0.39, 0.29) is 33.6 Å². The molecule has 1 aliphatic rings. The van der Waals surface area contributed by atoms with Crippen LogP contribution in [0.4, 0.5) is 34.8 Å². The van der Waals surface area contributed by atoms with Gasteiger partial charge in [0.15, 0.2) is 5.75 Å². The van der Waals surface area contributed by atoms with Crippen LogP contribution >= 0.6 is 23.7 Å². The molecule has 1 aliphatic heterocycles.